The van der Waals surface area contributed by atoms with Gasteiger partial charge < -0.3 is 9.47 Å². The van der Waals surface area contributed by atoms with E-state index in [0.29, 0.717) is 24.5 Å². The molecular weight excluding hydrogens is 258 g/mol. The number of ether oxygens (including phenoxy) is 2. The van der Waals surface area contributed by atoms with Gasteiger partial charge in [-0.3, -0.25) is 9.67 Å². The maximum atomic E-state index is 11.8. The first-order chi connectivity index (χ1) is 9.72. The zero-order valence-corrected chi connectivity index (χ0v) is 11.6. The van der Waals surface area contributed by atoms with Crippen molar-refractivity contribution < 1.29 is 14.3 Å². The van der Waals surface area contributed by atoms with E-state index in [2.05, 4.69) is 10.1 Å². The van der Waals surface area contributed by atoms with Crippen LogP contribution in [0.15, 0.2) is 30.6 Å². The molecule has 0 aliphatic heterocycles. The molecule has 0 bridgehead atoms. The minimum Gasteiger partial charge on any atom is -0.462 e. The Morgan fingerprint density at radius 1 is 1.35 bits per heavy atom. The van der Waals surface area contributed by atoms with Crippen LogP contribution in [0.25, 0.3) is 0 Å². The molecule has 2 rings (SSSR count). The number of nitrogens with zero attached hydrogens (tertiary/aromatic N) is 3. The van der Waals surface area contributed by atoms with Gasteiger partial charge in [-0.2, -0.15) is 5.10 Å². The number of rotatable bonds is 6. The Labute approximate surface area is 117 Å². The second-order valence-electron chi connectivity index (χ2n) is 4.16. The third-order valence-corrected chi connectivity index (χ3v) is 2.77. The largest absolute Gasteiger partial charge is 0.462 e. The van der Waals surface area contributed by atoms with Crippen molar-refractivity contribution in [3.8, 4) is 0 Å². The number of hydrogen-bond donors (Lipinski definition) is 0. The van der Waals surface area contributed by atoms with E-state index in [-0.39, 0.29) is 12.6 Å². The average Bonchev–Trinajstić information content (AvgIpc) is 2.82. The number of aryl methyl sites for hydroxylation is 1. The normalized spacial score (nSPS) is 10.5. The van der Waals surface area contributed by atoms with Gasteiger partial charge in [0, 0.05) is 13.2 Å². The van der Waals surface area contributed by atoms with E-state index < -0.39 is 0 Å². The van der Waals surface area contributed by atoms with Crippen molar-refractivity contribution in [2.45, 2.75) is 20.1 Å². The van der Waals surface area contributed by atoms with Crippen LogP contribution in [0.5, 0.6) is 0 Å². The minimum atomic E-state index is -0.378. The molecule has 0 unspecified atom stereocenters. The first-order valence-corrected chi connectivity index (χ1v) is 6.38. The molecule has 0 aromatic carbocycles. The van der Waals surface area contributed by atoms with Crippen molar-refractivity contribution >= 4 is 5.97 Å². The Balaban J connectivity index is 1.99. The maximum Gasteiger partial charge on any atom is 0.341 e. The van der Waals surface area contributed by atoms with E-state index >= 15 is 0 Å². The third kappa shape index (κ3) is 3.42. The van der Waals surface area contributed by atoms with Crippen LogP contribution >= 0.6 is 0 Å². The van der Waals surface area contributed by atoms with Crippen molar-refractivity contribution in [2.75, 3.05) is 6.61 Å². The molecule has 6 heteroatoms. The number of esters is 1. The van der Waals surface area contributed by atoms with Crippen molar-refractivity contribution in [1.29, 1.82) is 0 Å². The molecule has 0 saturated carbocycles. The zero-order chi connectivity index (χ0) is 14.4. The second kappa shape index (κ2) is 6.81. The first kappa shape index (κ1) is 14.2. The first-order valence-electron chi connectivity index (χ1n) is 6.38. The van der Waals surface area contributed by atoms with Crippen molar-refractivity contribution in [3.05, 3.63) is 47.5 Å². The summed E-state index contributed by atoms with van der Waals surface area (Å²) in [4.78, 5) is 15.9. The molecule has 0 aliphatic rings. The molecule has 0 radical (unpaired) electrons. The van der Waals surface area contributed by atoms with Crippen LogP contribution in [-0.2, 0) is 29.7 Å². The fourth-order valence-electron chi connectivity index (χ4n) is 1.75. The molecule has 0 N–H and O–H groups in total. The van der Waals surface area contributed by atoms with E-state index in [9.17, 15) is 4.79 Å². The summed E-state index contributed by atoms with van der Waals surface area (Å²) in [5, 5.41) is 4.07. The molecule has 2 heterocycles. The quantitative estimate of drug-likeness (QED) is 0.751. The summed E-state index contributed by atoms with van der Waals surface area (Å²) in [7, 11) is 1.77. The lowest BCUT2D eigenvalue weighted by Gasteiger charge is -2.07. The Kier molecular flexibility index (Phi) is 4.84. The molecule has 0 atom stereocenters. The Bertz CT molecular complexity index is 566. The number of carbonyl (C=O) groups is 1. The van der Waals surface area contributed by atoms with Crippen LogP contribution in [0.3, 0.4) is 0 Å². The van der Waals surface area contributed by atoms with Crippen molar-refractivity contribution in [2.24, 2.45) is 7.05 Å². The predicted molar refractivity (Wildman–Crippen MR) is 71.9 cm³/mol. The number of carbonyl (C=O) groups excluding carboxylic acids is 1. The van der Waals surface area contributed by atoms with Gasteiger partial charge in [-0.1, -0.05) is 6.07 Å². The van der Waals surface area contributed by atoms with Crippen LogP contribution in [0.2, 0.25) is 0 Å². The predicted octanol–water partition coefficient (Wildman–Crippen LogP) is 1.71. The second-order valence-corrected chi connectivity index (χ2v) is 4.16. The molecule has 0 amide bonds. The van der Waals surface area contributed by atoms with Gasteiger partial charge in [0.05, 0.1) is 37.4 Å². The van der Waals surface area contributed by atoms with Crippen LogP contribution < -0.4 is 0 Å². The average molecular weight is 275 g/mol. The number of hydrogen-bond acceptors (Lipinski definition) is 5. The monoisotopic (exact) mass is 275 g/mol. The van der Waals surface area contributed by atoms with Gasteiger partial charge in [0.15, 0.2) is 0 Å². The summed E-state index contributed by atoms with van der Waals surface area (Å²) < 4.78 is 12.2. The summed E-state index contributed by atoms with van der Waals surface area (Å²) in [6, 6.07) is 5.64. The summed E-state index contributed by atoms with van der Waals surface area (Å²) >= 11 is 0. The zero-order valence-electron chi connectivity index (χ0n) is 11.6. The summed E-state index contributed by atoms with van der Waals surface area (Å²) in [5.74, 6) is -0.378. The standard InChI is InChI=1S/C14H17N3O3/c1-3-20-14(18)12-8-16-17(2)13(12)10-19-9-11-6-4-5-7-15-11/h4-8H,3,9-10H2,1-2H3. The molecular formula is C14H17N3O3. The fourth-order valence-corrected chi connectivity index (χ4v) is 1.75. The lowest BCUT2D eigenvalue weighted by molar-refractivity contribution is 0.0515. The van der Waals surface area contributed by atoms with Gasteiger partial charge in [-0.05, 0) is 19.1 Å². The van der Waals surface area contributed by atoms with Gasteiger partial charge in [-0.15, -0.1) is 0 Å². The van der Waals surface area contributed by atoms with Gasteiger partial charge in [0.25, 0.3) is 0 Å². The number of aromatic nitrogens is 3. The molecule has 2 aromatic heterocycles. The molecule has 0 saturated heterocycles. The van der Waals surface area contributed by atoms with E-state index in [1.165, 1.54) is 6.20 Å². The molecule has 0 aliphatic carbocycles. The maximum absolute atomic E-state index is 11.8. The van der Waals surface area contributed by atoms with E-state index in [1.807, 2.05) is 18.2 Å². The van der Waals surface area contributed by atoms with Gasteiger partial charge in [0.1, 0.15) is 5.56 Å². The third-order valence-electron chi connectivity index (χ3n) is 2.77. The highest BCUT2D eigenvalue weighted by molar-refractivity contribution is 5.90. The molecule has 2 aromatic rings. The Morgan fingerprint density at radius 2 is 2.20 bits per heavy atom. The molecule has 0 spiro atoms. The van der Waals surface area contributed by atoms with Crippen molar-refractivity contribution in [3.63, 3.8) is 0 Å². The van der Waals surface area contributed by atoms with Crippen molar-refractivity contribution in [1.82, 2.24) is 14.8 Å². The highest BCUT2D eigenvalue weighted by Gasteiger charge is 2.17. The van der Waals surface area contributed by atoms with E-state index in [1.54, 1.807) is 24.9 Å². The van der Waals surface area contributed by atoms with Crippen LogP contribution in [-0.4, -0.2) is 27.3 Å². The number of pyridine rings is 1. The lowest BCUT2D eigenvalue weighted by Crippen LogP contribution is -2.10. The van der Waals surface area contributed by atoms with Gasteiger partial charge in [-0.25, -0.2) is 4.79 Å². The fraction of sp³-hybridized carbons (Fsp3) is 0.357. The lowest BCUT2D eigenvalue weighted by atomic mass is 10.2. The van der Waals surface area contributed by atoms with Gasteiger partial charge in [0.2, 0.25) is 0 Å². The highest BCUT2D eigenvalue weighted by atomic mass is 16.5. The highest BCUT2D eigenvalue weighted by Crippen LogP contribution is 2.11. The summed E-state index contributed by atoms with van der Waals surface area (Å²) in [5.41, 5.74) is 1.97. The topological polar surface area (TPSA) is 66.2 Å². The van der Waals surface area contributed by atoms with Crippen LogP contribution in [0, 0.1) is 0 Å². The van der Waals surface area contributed by atoms with Gasteiger partial charge >= 0.3 is 5.97 Å². The Hall–Kier alpha value is -2.21. The molecule has 0 fully saturated rings. The minimum absolute atomic E-state index is 0.279. The molecule has 20 heavy (non-hydrogen) atoms. The van der Waals surface area contributed by atoms with Crippen LogP contribution in [0.4, 0.5) is 0 Å². The summed E-state index contributed by atoms with van der Waals surface area (Å²) in [6.07, 6.45) is 3.21. The SMILES string of the molecule is CCOC(=O)c1cnn(C)c1COCc1ccccn1. The molecule has 106 valence electrons. The van der Waals surface area contributed by atoms with E-state index in [4.69, 9.17) is 9.47 Å². The van der Waals surface area contributed by atoms with E-state index in [0.717, 1.165) is 5.69 Å². The van der Waals surface area contributed by atoms with Crippen LogP contribution in [0.1, 0.15) is 28.7 Å². The Morgan fingerprint density at radius 3 is 2.90 bits per heavy atom. The summed E-state index contributed by atoms with van der Waals surface area (Å²) in [6.45, 7) is 2.77. The molecule has 6 nitrogen and oxygen atoms in total. The smallest absolute Gasteiger partial charge is 0.341 e.